The first-order valence-electron chi connectivity index (χ1n) is 6.75. The highest BCUT2D eigenvalue weighted by Crippen LogP contribution is 2.21. The lowest BCUT2D eigenvalue weighted by Crippen LogP contribution is -2.20. The van der Waals surface area contributed by atoms with Crippen LogP contribution in [0.1, 0.15) is 13.8 Å². The zero-order valence-electron chi connectivity index (χ0n) is 12.2. The molecule has 0 saturated carbocycles. The molecule has 2 rings (SSSR count). The van der Waals surface area contributed by atoms with Crippen molar-refractivity contribution in [3.8, 4) is 11.4 Å². The van der Waals surface area contributed by atoms with E-state index in [2.05, 4.69) is 15.2 Å². The number of ether oxygens (including phenoxy) is 1. The molecule has 1 atom stereocenters. The molecule has 5 nitrogen and oxygen atoms in total. The number of nitrogens with zero attached hydrogens (tertiary/aromatic N) is 2. The molecule has 120 valence electrons. The molecule has 8 heteroatoms. The predicted octanol–water partition coefficient (Wildman–Crippen LogP) is 2.63. The smallest absolute Gasteiger partial charge is 0.208 e. The fourth-order valence-electron chi connectivity index (χ4n) is 1.65. The van der Waals surface area contributed by atoms with Gasteiger partial charge in [-0.1, -0.05) is 11.8 Å². The second-order valence-corrected chi connectivity index (χ2v) is 5.96. The molecule has 0 aliphatic heterocycles. The standard InChI is InChI=1S/C14H17F2N3O2S/c1-8(2)21-6-12(20)7-22-14-17-13(18-19-14)9-3-10(15)5-11(16)4-9/h3-5,8,12,20H,6-7H2,1-2H3,(H,17,18,19). The van der Waals surface area contributed by atoms with Crippen LogP contribution in [0.2, 0.25) is 0 Å². The lowest BCUT2D eigenvalue weighted by molar-refractivity contribution is 0.0152. The quantitative estimate of drug-likeness (QED) is 0.764. The number of thioether (sulfide) groups is 1. The van der Waals surface area contributed by atoms with Crippen molar-refractivity contribution in [1.82, 2.24) is 15.2 Å². The number of H-pyrrole nitrogens is 1. The third-order valence-electron chi connectivity index (χ3n) is 2.63. The monoisotopic (exact) mass is 329 g/mol. The maximum Gasteiger partial charge on any atom is 0.208 e. The first-order chi connectivity index (χ1) is 10.4. The number of benzene rings is 1. The van der Waals surface area contributed by atoms with Gasteiger partial charge in [-0.15, -0.1) is 5.10 Å². The van der Waals surface area contributed by atoms with E-state index in [1.54, 1.807) is 0 Å². The number of hydrogen-bond acceptors (Lipinski definition) is 5. The molecule has 22 heavy (non-hydrogen) atoms. The summed E-state index contributed by atoms with van der Waals surface area (Å²) < 4.78 is 31.6. The number of aliphatic hydroxyl groups is 1. The number of hydrogen-bond donors (Lipinski definition) is 2. The molecule has 1 aromatic carbocycles. The minimum absolute atomic E-state index is 0.0534. The Bertz CT molecular complexity index is 602. The predicted molar refractivity (Wildman–Crippen MR) is 79.6 cm³/mol. The first-order valence-corrected chi connectivity index (χ1v) is 7.74. The highest BCUT2D eigenvalue weighted by molar-refractivity contribution is 7.99. The highest BCUT2D eigenvalue weighted by atomic mass is 32.2. The van der Waals surface area contributed by atoms with E-state index in [9.17, 15) is 13.9 Å². The molecule has 2 N–H and O–H groups in total. The van der Waals surface area contributed by atoms with Gasteiger partial charge in [0.15, 0.2) is 5.82 Å². The van der Waals surface area contributed by atoms with Crippen molar-refractivity contribution in [2.24, 2.45) is 0 Å². The molecule has 0 saturated heterocycles. The van der Waals surface area contributed by atoms with E-state index in [-0.39, 0.29) is 24.1 Å². The third kappa shape index (κ3) is 5.04. The van der Waals surface area contributed by atoms with Gasteiger partial charge in [-0.25, -0.2) is 13.8 Å². The van der Waals surface area contributed by atoms with Gasteiger partial charge >= 0.3 is 0 Å². The Balaban J connectivity index is 1.94. The minimum atomic E-state index is -0.679. The molecule has 1 unspecified atom stereocenters. The normalized spacial score (nSPS) is 12.8. The van der Waals surface area contributed by atoms with E-state index >= 15 is 0 Å². The van der Waals surface area contributed by atoms with Gasteiger partial charge in [0.05, 0.1) is 18.8 Å². The largest absolute Gasteiger partial charge is 0.390 e. The summed E-state index contributed by atoms with van der Waals surface area (Å²) in [5.74, 6) is -0.723. The van der Waals surface area contributed by atoms with Crippen molar-refractivity contribution in [2.75, 3.05) is 12.4 Å². The Morgan fingerprint density at radius 1 is 1.27 bits per heavy atom. The first kappa shape index (κ1) is 16.9. The van der Waals surface area contributed by atoms with Crippen LogP contribution < -0.4 is 0 Å². The van der Waals surface area contributed by atoms with E-state index in [1.807, 2.05) is 13.8 Å². The minimum Gasteiger partial charge on any atom is -0.390 e. The van der Waals surface area contributed by atoms with Crippen molar-refractivity contribution in [1.29, 1.82) is 0 Å². The Kier molecular flexibility index (Phi) is 5.87. The molecule has 1 heterocycles. The van der Waals surface area contributed by atoms with Crippen LogP contribution in [0.5, 0.6) is 0 Å². The highest BCUT2D eigenvalue weighted by Gasteiger charge is 2.12. The Labute approximate surface area is 131 Å². The van der Waals surface area contributed by atoms with Crippen molar-refractivity contribution >= 4 is 11.8 Å². The maximum atomic E-state index is 13.2. The lowest BCUT2D eigenvalue weighted by atomic mass is 10.2. The van der Waals surface area contributed by atoms with Crippen LogP contribution in [-0.2, 0) is 4.74 Å². The van der Waals surface area contributed by atoms with Gasteiger partial charge in [-0.3, -0.25) is 5.10 Å². The summed E-state index contributed by atoms with van der Waals surface area (Å²) >= 11 is 1.23. The number of nitrogens with one attached hydrogen (secondary N) is 1. The van der Waals surface area contributed by atoms with Gasteiger partial charge in [0.25, 0.3) is 0 Å². The van der Waals surface area contributed by atoms with Crippen molar-refractivity contribution in [2.45, 2.75) is 31.2 Å². The summed E-state index contributed by atoms with van der Waals surface area (Å²) in [5, 5.41) is 16.7. The van der Waals surface area contributed by atoms with Crippen LogP contribution in [0.15, 0.2) is 23.4 Å². The summed E-state index contributed by atoms with van der Waals surface area (Å²) in [6.45, 7) is 4.01. The van der Waals surface area contributed by atoms with E-state index in [4.69, 9.17) is 4.74 Å². The third-order valence-corrected chi connectivity index (χ3v) is 3.62. The lowest BCUT2D eigenvalue weighted by Gasteiger charge is -2.11. The maximum absolute atomic E-state index is 13.2. The van der Waals surface area contributed by atoms with Crippen molar-refractivity contribution < 1.29 is 18.6 Å². The van der Waals surface area contributed by atoms with Crippen molar-refractivity contribution in [3.63, 3.8) is 0 Å². The molecule has 1 aromatic heterocycles. The summed E-state index contributed by atoms with van der Waals surface area (Å²) in [6.07, 6.45) is -0.585. The zero-order valence-corrected chi connectivity index (χ0v) is 13.0. The van der Waals surface area contributed by atoms with Gasteiger partial charge < -0.3 is 9.84 Å². The number of aliphatic hydroxyl groups excluding tert-OH is 1. The van der Waals surface area contributed by atoms with E-state index < -0.39 is 17.7 Å². The zero-order chi connectivity index (χ0) is 16.1. The molecule has 0 spiro atoms. The molecule has 0 aliphatic carbocycles. The molecular formula is C14H17F2N3O2S. The van der Waals surface area contributed by atoms with Gasteiger partial charge in [0, 0.05) is 17.4 Å². The van der Waals surface area contributed by atoms with Crippen molar-refractivity contribution in [3.05, 3.63) is 29.8 Å². The number of halogens is 2. The van der Waals surface area contributed by atoms with Crippen LogP contribution in [0.25, 0.3) is 11.4 Å². The second kappa shape index (κ2) is 7.66. The number of aromatic nitrogens is 3. The Morgan fingerprint density at radius 2 is 1.95 bits per heavy atom. The van der Waals surface area contributed by atoms with Gasteiger partial charge in [-0.05, 0) is 26.0 Å². The topological polar surface area (TPSA) is 71.0 Å². The van der Waals surface area contributed by atoms with Gasteiger partial charge in [-0.2, -0.15) is 0 Å². The van der Waals surface area contributed by atoms with Crippen LogP contribution in [0.3, 0.4) is 0 Å². The summed E-state index contributed by atoms with van der Waals surface area (Å²) in [4.78, 5) is 4.14. The fourth-order valence-corrected chi connectivity index (χ4v) is 2.36. The van der Waals surface area contributed by atoms with Crippen LogP contribution in [0, 0.1) is 11.6 Å². The van der Waals surface area contributed by atoms with Crippen LogP contribution in [-0.4, -0.2) is 44.9 Å². The van der Waals surface area contributed by atoms with E-state index in [0.717, 1.165) is 6.07 Å². The molecule has 2 aromatic rings. The second-order valence-electron chi connectivity index (χ2n) is 4.97. The SMILES string of the molecule is CC(C)OCC(O)CSc1n[nH]c(-c2cc(F)cc(F)c2)n1. The average molecular weight is 329 g/mol. The molecular weight excluding hydrogens is 312 g/mol. The van der Waals surface area contributed by atoms with Gasteiger partial charge in [0.1, 0.15) is 11.6 Å². The summed E-state index contributed by atoms with van der Waals surface area (Å²) in [6, 6.07) is 3.13. The van der Waals surface area contributed by atoms with Crippen LogP contribution >= 0.6 is 11.8 Å². The fraction of sp³-hybridized carbons (Fsp3) is 0.429. The summed E-state index contributed by atoms with van der Waals surface area (Å²) in [7, 11) is 0. The molecule has 0 fully saturated rings. The molecule has 0 bridgehead atoms. The molecule has 0 amide bonds. The van der Waals surface area contributed by atoms with E-state index in [0.29, 0.717) is 10.9 Å². The van der Waals surface area contributed by atoms with Gasteiger partial charge in [0.2, 0.25) is 5.16 Å². The summed E-state index contributed by atoms with van der Waals surface area (Å²) in [5.41, 5.74) is 0.278. The Hall–Kier alpha value is -1.51. The molecule has 0 aliphatic rings. The Morgan fingerprint density at radius 3 is 2.59 bits per heavy atom. The number of rotatable bonds is 7. The number of aromatic amines is 1. The van der Waals surface area contributed by atoms with Crippen LogP contribution in [0.4, 0.5) is 8.78 Å². The van der Waals surface area contributed by atoms with E-state index in [1.165, 1.54) is 23.9 Å². The average Bonchev–Trinajstić information content (AvgIpc) is 2.90. The molecule has 0 radical (unpaired) electrons.